The molecule has 0 spiro atoms. The maximum absolute atomic E-state index is 12.2. The molecular weight excluding hydrogens is 290 g/mol. The fraction of sp³-hybridized carbons (Fsp3) is 0.333. The van der Waals surface area contributed by atoms with Crippen LogP contribution in [0.5, 0.6) is 5.75 Å². The lowest BCUT2D eigenvalue weighted by Gasteiger charge is -2.30. The molecule has 1 rings (SSSR count). The van der Waals surface area contributed by atoms with Crippen molar-refractivity contribution < 1.29 is 36.2 Å². The van der Waals surface area contributed by atoms with Gasteiger partial charge in [-0.3, -0.25) is 0 Å². The first-order valence-electron chi connectivity index (χ1n) is 4.26. The minimum absolute atomic E-state index is 0.0675. The summed E-state index contributed by atoms with van der Waals surface area (Å²) in [4.78, 5) is 0. The molecule has 0 fully saturated rings. The van der Waals surface area contributed by atoms with Gasteiger partial charge in [-0.25, -0.2) is 0 Å². The summed E-state index contributed by atoms with van der Waals surface area (Å²) in [6.45, 7) is 0. The Morgan fingerprint density at radius 2 is 1.28 bits per heavy atom. The second kappa shape index (κ2) is 4.51. The van der Waals surface area contributed by atoms with Crippen molar-refractivity contribution in [3.63, 3.8) is 0 Å². The van der Waals surface area contributed by atoms with Gasteiger partial charge in [-0.15, -0.1) is 0 Å². The minimum Gasteiger partial charge on any atom is -0.445 e. The summed E-state index contributed by atoms with van der Waals surface area (Å²) < 4.78 is 76.6. The molecule has 0 aliphatic rings. The third kappa shape index (κ3) is 2.81. The molecule has 18 heavy (non-hydrogen) atoms. The molecule has 0 N–H and O–H groups in total. The largest absolute Gasteiger partial charge is 0.468 e. The molecule has 0 aliphatic carbocycles. The van der Waals surface area contributed by atoms with Crippen molar-refractivity contribution in [2.75, 3.05) is 0 Å². The van der Waals surface area contributed by atoms with Crippen molar-refractivity contribution >= 4 is 11.6 Å². The Kier molecular flexibility index (Phi) is 3.73. The first kappa shape index (κ1) is 14.9. The van der Waals surface area contributed by atoms with Gasteiger partial charge in [0.15, 0.2) is 0 Å². The van der Waals surface area contributed by atoms with Crippen LogP contribution in [-0.2, 0) is 5.11 Å². The molecular formula is C9H4ClF6O2. The van der Waals surface area contributed by atoms with Crippen molar-refractivity contribution in [3.8, 4) is 5.75 Å². The van der Waals surface area contributed by atoms with Crippen LogP contribution in [0.3, 0.4) is 0 Å². The standard InChI is InChI=1S/C9H4ClF6O2/c10-5-1-3-6(4-2-5)18-7(17,8(11,12)13)9(14,15)16/h1-4H. The first-order valence-corrected chi connectivity index (χ1v) is 4.63. The summed E-state index contributed by atoms with van der Waals surface area (Å²) in [7, 11) is 0. The highest BCUT2D eigenvalue weighted by Crippen LogP contribution is 2.44. The Hall–Kier alpha value is -1.15. The second-order valence-corrected chi connectivity index (χ2v) is 3.60. The van der Waals surface area contributed by atoms with E-state index in [9.17, 15) is 31.4 Å². The summed E-state index contributed by atoms with van der Waals surface area (Å²) in [6.07, 6.45) is -12.3. The summed E-state index contributed by atoms with van der Waals surface area (Å²) in [5.74, 6) is -6.41. The van der Waals surface area contributed by atoms with Crippen LogP contribution >= 0.6 is 11.6 Å². The van der Waals surface area contributed by atoms with Gasteiger partial charge < -0.3 is 4.74 Å². The van der Waals surface area contributed by atoms with Crippen molar-refractivity contribution in [2.24, 2.45) is 0 Å². The van der Waals surface area contributed by atoms with Gasteiger partial charge in [0.2, 0.25) is 0 Å². The Morgan fingerprint density at radius 3 is 1.61 bits per heavy atom. The predicted molar refractivity (Wildman–Crippen MR) is 47.6 cm³/mol. The third-order valence-electron chi connectivity index (χ3n) is 1.82. The lowest BCUT2D eigenvalue weighted by atomic mass is 10.2. The molecule has 0 saturated carbocycles. The molecule has 0 unspecified atom stereocenters. The monoisotopic (exact) mass is 293 g/mol. The maximum Gasteiger partial charge on any atom is 0.468 e. The molecule has 2 nitrogen and oxygen atoms in total. The quantitative estimate of drug-likeness (QED) is 0.599. The van der Waals surface area contributed by atoms with Gasteiger partial charge in [0.25, 0.3) is 0 Å². The van der Waals surface area contributed by atoms with Crippen LogP contribution in [0.25, 0.3) is 0 Å². The minimum atomic E-state index is -6.15. The first-order chi connectivity index (χ1) is 7.97. The number of halogens is 7. The zero-order valence-electron chi connectivity index (χ0n) is 8.27. The summed E-state index contributed by atoms with van der Waals surface area (Å²) in [5, 5.41) is 11.0. The Bertz CT molecular complexity index is 397. The number of benzene rings is 1. The molecule has 1 aromatic carbocycles. The number of ether oxygens (including phenoxy) is 1. The van der Waals surface area contributed by atoms with E-state index >= 15 is 0 Å². The summed E-state index contributed by atoms with van der Waals surface area (Å²) in [5.41, 5.74) is 0. The molecule has 101 valence electrons. The fourth-order valence-electron chi connectivity index (χ4n) is 0.945. The van der Waals surface area contributed by atoms with E-state index in [0.717, 1.165) is 24.3 Å². The molecule has 0 aromatic heterocycles. The number of hydrogen-bond donors (Lipinski definition) is 0. The molecule has 0 aliphatic heterocycles. The Labute approximate surface area is 102 Å². The summed E-state index contributed by atoms with van der Waals surface area (Å²) >= 11 is 5.38. The van der Waals surface area contributed by atoms with Crippen molar-refractivity contribution in [1.82, 2.24) is 0 Å². The molecule has 9 heteroatoms. The zero-order valence-corrected chi connectivity index (χ0v) is 9.03. The van der Waals surface area contributed by atoms with Gasteiger partial charge in [-0.2, -0.15) is 31.4 Å². The fourth-order valence-corrected chi connectivity index (χ4v) is 1.07. The van der Waals surface area contributed by atoms with E-state index < -0.39 is 23.9 Å². The van der Waals surface area contributed by atoms with E-state index in [1.165, 1.54) is 0 Å². The second-order valence-electron chi connectivity index (χ2n) is 3.17. The van der Waals surface area contributed by atoms with Crippen LogP contribution in [0.4, 0.5) is 26.3 Å². The molecule has 0 amide bonds. The highest BCUT2D eigenvalue weighted by molar-refractivity contribution is 6.30. The van der Waals surface area contributed by atoms with Gasteiger partial charge in [0.05, 0.1) is 0 Å². The molecule has 0 atom stereocenters. The van der Waals surface area contributed by atoms with Gasteiger partial charge in [0, 0.05) is 5.02 Å². The van der Waals surface area contributed by atoms with Crippen molar-refractivity contribution in [2.45, 2.75) is 18.1 Å². The predicted octanol–water partition coefficient (Wildman–Crippen LogP) is 3.97. The van der Waals surface area contributed by atoms with Gasteiger partial charge in [-0.05, 0) is 24.3 Å². The van der Waals surface area contributed by atoms with E-state index in [1.807, 2.05) is 0 Å². The zero-order chi connectivity index (χ0) is 14.2. The maximum atomic E-state index is 12.2. The van der Waals surface area contributed by atoms with Crippen LogP contribution in [-0.4, -0.2) is 18.1 Å². The Balaban J connectivity index is 3.12. The average Bonchev–Trinajstić information content (AvgIpc) is 2.18. The topological polar surface area (TPSA) is 29.1 Å². The van der Waals surface area contributed by atoms with Crippen molar-refractivity contribution in [1.29, 1.82) is 0 Å². The van der Waals surface area contributed by atoms with E-state index in [2.05, 4.69) is 4.74 Å². The summed E-state index contributed by atoms with van der Waals surface area (Å²) in [6, 6.07) is 3.44. The van der Waals surface area contributed by atoms with Crippen LogP contribution in [0.2, 0.25) is 5.02 Å². The SMILES string of the molecule is [O]C(Oc1ccc(Cl)cc1)(C(F)(F)F)C(F)(F)F. The highest BCUT2D eigenvalue weighted by atomic mass is 35.5. The van der Waals surface area contributed by atoms with Crippen LogP contribution in [0, 0.1) is 0 Å². The van der Waals surface area contributed by atoms with Gasteiger partial charge in [-0.1, -0.05) is 11.6 Å². The number of rotatable bonds is 2. The van der Waals surface area contributed by atoms with Crippen LogP contribution in [0.1, 0.15) is 0 Å². The normalized spacial score (nSPS) is 13.6. The van der Waals surface area contributed by atoms with Crippen LogP contribution < -0.4 is 4.74 Å². The van der Waals surface area contributed by atoms with Gasteiger partial charge in [0.1, 0.15) is 5.75 Å². The van der Waals surface area contributed by atoms with Crippen LogP contribution in [0.15, 0.2) is 24.3 Å². The van der Waals surface area contributed by atoms with E-state index in [4.69, 9.17) is 11.6 Å². The highest BCUT2D eigenvalue weighted by Gasteiger charge is 2.75. The number of alkyl halides is 6. The van der Waals surface area contributed by atoms with E-state index in [1.54, 1.807) is 0 Å². The van der Waals surface area contributed by atoms with Gasteiger partial charge >= 0.3 is 18.1 Å². The molecule has 0 bridgehead atoms. The molecule has 0 saturated heterocycles. The van der Waals surface area contributed by atoms with E-state index in [-0.39, 0.29) is 5.02 Å². The third-order valence-corrected chi connectivity index (χ3v) is 2.07. The lowest BCUT2D eigenvalue weighted by molar-refractivity contribution is -0.452. The molecule has 1 aromatic rings. The average molecular weight is 294 g/mol. The van der Waals surface area contributed by atoms with Crippen molar-refractivity contribution in [3.05, 3.63) is 29.3 Å². The number of hydrogen-bond acceptors (Lipinski definition) is 1. The Morgan fingerprint density at radius 1 is 0.889 bits per heavy atom. The smallest absolute Gasteiger partial charge is 0.445 e. The molecule has 1 radical (unpaired) electrons. The van der Waals surface area contributed by atoms with E-state index in [0.29, 0.717) is 0 Å². The molecule has 0 heterocycles. The lowest BCUT2D eigenvalue weighted by Crippen LogP contribution is -2.60.